The maximum Gasteiger partial charge on any atom is 0.258 e. The second-order valence-corrected chi connectivity index (χ2v) is 5.42. The Morgan fingerprint density at radius 3 is 2.75 bits per heavy atom. The zero-order chi connectivity index (χ0) is 13.9. The van der Waals surface area contributed by atoms with Gasteiger partial charge in [-0.25, -0.2) is 4.98 Å². The number of rotatable bonds is 3. The molecule has 1 aromatic carbocycles. The van der Waals surface area contributed by atoms with Gasteiger partial charge in [0, 0.05) is 39.1 Å². The Labute approximate surface area is 118 Å². The number of hydrogen-bond donors (Lipinski definition) is 1. The zero-order valence-corrected chi connectivity index (χ0v) is 11.8. The van der Waals surface area contributed by atoms with Crippen LogP contribution in [-0.2, 0) is 6.42 Å². The first-order chi connectivity index (χ1) is 9.72. The van der Waals surface area contributed by atoms with Gasteiger partial charge in [0.2, 0.25) is 0 Å². The lowest BCUT2D eigenvalue weighted by Gasteiger charge is -2.32. The minimum Gasteiger partial charge on any atom is -0.310 e. The molecule has 5 nitrogen and oxygen atoms in total. The van der Waals surface area contributed by atoms with Gasteiger partial charge in [0.25, 0.3) is 5.56 Å². The number of piperazine rings is 1. The fourth-order valence-corrected chi connectivity index (χ4v) is 2.59. The molecule has 2 aromatic rings. The third-order valence-electron chi connectivity index (χ3n) is 3.92. The molecule has 0 saturated carbocycles. The quantitative estimate of drug-likeness (QED) is 0.894. The van der Waals surface area contributed by atoms with Crippen LogP contribution in [0.5, 0.6) is 0 Å². The molecule has 1 N–H and O–H groups in total. The van der Waals surface area contributed by atoms with E-state index in [4.69, 9.17) is 0 Å². The molecule has 1 saturated heterocycles. The average molecular weight is 272 g/mol. The van der Waals surface area contributed by atoms with E-state index in [1.54, 1.807) is 0 Å². The number of H-pyrrole nitrogens is 1. The molecule has 20 heavy (non-hydrogen) atoms. The highest BCUT2D eigenvalue weighted by atomic mass is 16.1. The topological polar surface area (TPSA) is 52.2 Å². The summed E-state index contributed by atoms with van der Waals surface area (Å²) in [5, 5.41) is 0.663. The molecular formula is C15H20N4O. The zero-order valence-electron chi connectivity index (χ0n) is 11.8. The molecule has 5 heteroatoms. The summed E-state index contributed by atoms with van der Waals surface area (Å²) < 4.78 is 0. The number of nitrogens with zero attached hydrogens (tertiary/aromatic N) is 3. The lowest BCUT2D eigenvalue weighted by atomic mass is 10.2. The second kappa shape index (κ2) is 5.73. The minimum absolute atomic E-state index is 0.0380. The number of fused-ring (bicyclic) bond motifs is 1. The van der Waals surface area contributed by atoms with Crippen LogP contribution in [0.1, 0.15) is 5.82 Å². The molecule has 0 unspecified atom stereocenters. The molecule has 1 fully saturated rings. The Bertz CT molecular complexity index is 644. The molecule has 0 atom stereocenters. The first-order valence-corrected chi connectivity index (χ1v) is 7.11. The van der Waals surface area contributed by atoms with Gasteiger partial charge < -0.3 is 14.8 Å². The number of hydrogen-bond acceptors (Lipinski definition) is 4. The molecule has 1 aromatic heterocycles. The first-order valence-electron chi connectivity index (χ1n) is 7.11. The van der Waals surface area contributed by atoms with Crippen LogP contribution in [0.4, 0.5) is 0 Å². The van der Waals surface area contributed by atoms with Gasteiger partial charge in [0.1, 0.15) is 5.82 Å². The number of para-hydroxylation sites is 1. The normalized spacial score (nSPS) is 17.6. The summed E-state index contributed by atoms with van der Waals surface area (Å²) in [7, 11) is 2.15. The van der Waals surface area contributed by atoms with Crippen molar-refractivity contribution < 1.29 is 0 Å². The van der Waals surface area contributed by atoms with Gasteiger partial charge >= 0.3 is 0 Å². The van der Waals surface area contributed by atoms with Gasteiger partial charge in [0.05, 0.1) is 10.9 Å². The van der Waals surface area contributed by atoms with Crippen LogP contribution in [-0.4, -0.2) is 59.5 Å². The van der Waals surface area contributed by atoms with E-state index in [1.165, 1.54) is 0 Å². The van der Waals surface area contributed by atoms with Crippen molar-refractivity contribution in [2.45, 2.75) is 6.42 Å². The maximum absolute atomic E-state index is 12.0. The third kappa shape index (κ3) is 2.89. The molecule has 0 radical (unpaired) electrons. The van der Waals surface area contributed by atoms with Crippen LogP contribution in [0.3, 0.4) is 0 Å². The lowest BCUT2D eigenvalue weighted by molar-refractivity contribution is 0.155. The summed E-state index contributed by atoms with van der Waals surface area (Å²) in [5.41, 5.74) is 0.744. The fraction of sp³-hybridized carbons (Fsp3) is 0.467. The van der Waals surface area contributed by atoms with Crippen molar-refractivity contribution in [1.82, 2.24) is 19.8 Å². The molecule has 0 bridgehead atoms. The van der Waals surface area contributed by atoms with Crippen LogP contribution in [0.2, 0.25) is 0 Å². The van der Waals surface area contributed by atoms with Gasteiger partial charge in [-0.15, -0.1) is 0 Å². The predicted octanol–water partition coefficient (Wildman–Crippen LogP) is 0.713. The van der Waals surface area contributed by atoms with E-state index < -0.39 is 0 Å². The SMILES string of the molecule is CN1CCN(CCc2nc3ccccc3c(=O)[nH]2)CC1. The van der Waals surface area contributed by atoms with Gasteiger partial charge in [-0.3, -0.25) is 4.79 Å². The molecule has 2 heterocycles. The standard InChI is InChI=1S/C15H20N4O/c1-18-8-10-19(11-9-18)7-6-14-16-13-5-3-2-4-12(13)15(20)17-14/h2-5H,6-11H2,1H3,(H,16,17,20). The van der Waals surface area contributed by atoms with Crippen LogP contribution >= 0.6 is 0 Å². The van der Waals surface area contributed by atoms with E-state index >= 15 is 0 Å². The Hall–Kier alpha value is -1.72. The minimum atomic E-state index is -0.0380. The van der Waals surface area contributed by atoms with E-state index in [0.29, 0.717) is 5.39 Å². The molecule has 1 aliphatic rings. The van der Waals surface area contributed by atoms with E-state index in [-0.39, 0.29) is 5.56 Å². The largest absolute Gasteiger partial charge is 0.310 e. The monoisotopic (exact) mass is 272 g/mol. The van der Waals surface area contributed by atoms with Gasteiger partial charge in [-0.05, 0) is 19.2 Å². The molecular weight excluding hydrogens is 252 g/mol. The van der Waals surface area contributed by atoms with Crippen molar-refractivity contribution >= 4 is 10.9 Å². The summed E-state index contributed by atoms with van der Waals surface area (Å²) in [6, 6.07) is 7.48. The van der Waals surface area contributed by atoms with Gasteiger partial charge in [-0.1, -0.05) is 12.1 Å². The molecule has 3 rings (SSSR count). The number of likely N-dealkylation sites (N-methyl/N-ethyl adjacent to an activating group) is 1. The Balaban J connectivity index is 1.70. The van der Waals surface area contributed by atoms with Crippen LogP contribution in [0, 0.1) is 0 Å². The summed E-state index contributed by atoms with van der Waals surface area (Å²) in [5.74, 6) is 0.785. The summed E-state index contributed by atoms with van der Waals surface area (Å²) in [4.78, 5) is 24.2. The molecule has 0 aliphatic carbocycles. The highest BCUT2D eigenvalue weighted by Gasteiger charge is 2.13. The highest BCUT2D eigenvalue weighted by Crippen LogP contribution is 2.07. The Morgan fingerprint density at radius 1 is 1.20 bits per heavy atom. The lowest BCUT2D eigenvalue weighted by Crippen LogP contribution is -2.45. The fourth-order valence-electron chi connectivity index (χ4n) is 2.59. The number of aromatic amines is 1. The summed E-state index contributed by atoms with van der Waals surface area (Å²) >= 11 is 0. The van der Waals surface area contributed by atoms with Crippen LogP contribution in [0.15, 0.2) is 29.1 Å². The second-order valence-electron chi connectivity index (χ2n) is 5.42. The predicted molar refractivity (Wildman–Crippen MR) is 80.0 cm³/mol. The van der Waals surface area contributed by atoms with Crippen molar-refractivity contribution in [2.24, 2.45) is 0 Å². The number of benzene rings is 1. The van der Waals surface area contributed by atoms with E-state index in [0.717, 1.165) is 50.5 Å². The van der Waals surface area contributed by atoms with E-state index in [1.807, 2.05) is 24.3 Å². The summed E-state index contributed by atoms with van der Waals surface area (Å²) in [6.07, 6.45) is 0.795. The Morgan fingerprint density at radius 2 is 1.95 bits per heavy atom. The average Bonchev–Trinajstić information content (AvgIpc) is 2.47. The number of aromatic nitrogens is 2. The van der Waals surface area contributed by atoms with E-state index in [9.17, 15) is 4.79 Å². The molecule has 0 spiro atoms. The van der Waals surface area contributed by atoms with E-state index in [2.05, 4.69) is 26.8 Å². The number of nitrogens with one attached hydrogen (secondary N) is 1. The summed E-state index contributed by atoms with van der Waals surface area (Å²) in [6.45, 7) is 5.36. The van der Waals surface area contributed by atoms with Gasteiger partial charge in [0.15, 0.2) is 0 Å². The molecule has 1 aliphatic heterocycles. The van der Waals surface area contributed by atoms with Crippen LogP contribution < -0.4 is 5.56 Å². The van der Waals surface area contributed by atoms with Crippen molar-refractivity contribution in [3.63, 3.8) is 0 Å². The van der Waals surface area contributed by atoms with Crippen LogP contribution in [0.25, 0.3) is 10.9 Å². The van der Waals surface area contributed by atoms with Crippen molar-refractivity contribution in [3.05, 3.63) is 40.4 Å². The smallest absolute Gasteiger partial charge is 0.258 e. The third-order valence-corrected chi connectivity index (χ3v) is 3.92. The maximum atomic E-state index is 12.0. The van der Waals surface area contributed by atoms with Crippen molar-refractivity contribution in [3.8, 4) is 0 Å². The Kier molecular flexibility index (Phi) is 3.80. The molecule has 106 valence electrons. The van der Waals surface area contributed by atoms with Crippen molar-refractivity contribution in [2.75, 3.05) is 39.8 Å². The highest BCUT2D eigenvalue weighted by molar-refractivity contribution is 5.77. The van der Waals surface area contributed by atoms with Crippen molar-refractivity contribution in [1.29, 1.82) is 0 Å². The first kappa shape index (κ1) is 13.3. The van der Waals surface area contributed by atoms with Gasteiger partial charge in [-0.2, -0.15) is 0 Å². The molecule has 0 amide bonds.